The number of amides is 1. The van der Waals surface area contributed by atoms with Crippen LogP contribution in [0.1, 0.15) is 33.3 Å². The lowest BCUT2D eigenvalue weighted by Gasteiger charge is -2.25. The van der Waals surface area contributed by atoms with Crippen LogP contribution in [0.25, 0.3) is 11.3 Å². The van der Waals surface area contributed by atoms with Gasteiger partial charge in [0.1, 0.15) is 11.0 Å². The Bertz CT molecular complexity index is 979. The van der Waals surface area contributed by atoms with Crippen molar-refractivity contribution in [3.63, 3.8) is 0 Å². The number of hydrogen-bond acceptors (Lipinski definition) is 4. The minimum Gasteiger partial charge on any atom is -0.328 e. The van der Waals surface area contributed by atoms with Crippen molar-refractivity contribution in [1.82, 2.24) is 14.9 Å². The first kappa shape index (κ1) is 18.1. The predicted octanol–water partition coefficient (Wildman–Crippen LogP) is 5.09. The van der Waals surface area contributed by atoms with Gasteiger partial charge in [-0.05, 0) is 36.2 Å². The Morgan fingerprint density at radius 3 is 2.89 bits per heavy atom. The van der Waals surface area contributed by atoms with E-state index in [1.54, 1.807) is 16.6 Å². The highest BCUT2D eigenvalue weighted by atomic mass is 35.5. The number of likely N-dealkylation sites (tertiary alicyclic amines) is 1. The fourth-order valence-corrected chi connectivity index (χ4v) is 4.25. The number of carbonyl (C=O) groups excluding carboxylic acids is 1. The number of thiazole rings is 1. The van der Waals surface area contributed by atoms with Gasteiger partial charge in [0.05, 0.1) is 30.0 Å². The minimum atomic E-state index is -1.04. The quantitative estimate of drug-likeness (QED) is 0.614. The third-order valence-electron chi connectivity index (χ3n) is 4.78. The summed E-state index contributed by atoms with van der Waals surface area (Å²) >= 11 is 7.34. The lowest BCUT2D eigenvalue weighted by atomic mass is 9.99. The molecule has 1 aliphatic rings. The highest BCUT2D eigenvalue weighted by molar-refractivity contribution is 7.11. The van der Waals surface area contributed by atoms with Gasteiger partial charge in [0.2, 0.25) is 0 Å². The smallest absolute Gasteiger partial charge is 0.266 e. The zero-order chi connectivity index (χ0) is 19.0. The van der Waals surface area contributed by atoms with Crippen molar-refractivity contribution in [3.05, 3.63) is 69.3 Å². The van der Waals surface area contributed by atoms with Gasteiger partial charge in [0.25, 0.3) is 5.91 Å². The Labute approximate surface area is 165 Å². The van der Waals surface area contributed by atoms with E-state index in [0.29, 0.717) is 9.90 Å². The van der Waals surface area contributed by atoms with Crippen LogP contribution >= 0.6 is 22.9 Å². The maximum atomic E-state index is 14.2. The van der Waals surface area contributed by atoms with E-state index in [2.05, 4.69) is 9.97 Å². The topological polar surface area (TPSA) is 46.1 Å². The number of benzene rings is 1. The lowest BCUT2D eigenvalue weighted by molar-refractivity contribution is 0.0732. The second-order valence-electron chi connectivity index (χ2n) is 6.61. The molecule has 138 valence electrons. The molecule has 0 bridgehead atoms. The summed E-state index contributed by atoms with van der Waals surface area (Å²) in [6, 6.07) is 9.13. The molecule has 4 nitrogen and oxygen atoms in total. The zero-order valence-electron chi connectivity index (χ0n) is 14.6. The molecule has 0 aliphatic carbocycles. The van der Waals surface area contributed by atoms with Gasteiger partial charge in [0, 0.05) is 23.2 Å². The second kappa shape index (κ2) is 7.37. The lowest BCUT2D eigenvalue weighted by Crippen LogP contribution is -2.31. The van der Waals surface area contributed by atoms with E-state index in [9.17, 15) is 9.18 Å². The number of pyridine rings is 1. The average Bonchev–Trinajstić information content (AvgIpc) is 3.31. The molecule has 1 aromatic carbocycles. The van der Waals surface area contributed by atoms with Gasteiger partial charge in [0.15, 0.2) is 0 Å². The molecule has 0 radical (unpaired) electrons. The van der Waals surface area contributed by atoms with Gasteiger partial charge in [-0.25, -0.2) is 4.39 Å². The minimum absolute atomic E-state index is 0.0941. The van der Waals surface area contributed by atoms with Crippen LogP contribution in [0.4, 0.5) is 4.39 Å². The van der Waals surface area contributed by atoms with Crippen LogP contribution in [0.3, 0.4) is 0 Å². The SMILES string of the molecule is Cc1cc(-c2cccc(Cl)c2)ncc1C1CC(F)CN1C(=O)c1cncs1. The standard InChI is InChI=1S/C20H17ClFN3OS/c1-12-5-17(13-3-2-4-14(21)6-13)24-8-16(12)18-7-15(22)10-25(18)20(26)19-9-23-11-27-19/h2-6,8-9,11,15,18H,7,10H2,1H3. The number of halogens is 2. The number of hydrogen-bond donors (Lipinski definition) is 0. The molecule has 2 atom stereocenters. The van der Waals surface area contributed by atoms with Crippen molar-refractivity contribution in [2.24, 2.45) is 0 Å². The fraction of sp³-hybridized carbons (Fsp3) is 0.250. The zero-order valence-corrected chi connectivity index (χ0v) is 16.2. The molecule has 1 saturated heterocycles. The normalized spacial score (nSPS) is 19.4. The summed E-state index contributed by atoms with van der Waals surface area (Å²) in [6.07, 6.45) is 2.52. The molecule has 1 aliphatic heterocycles. The molecule has 0 N–H and O–H groups in total. The van der Waals surface area contributed by atoms with Crippen molar-refractivity contribution in [1.29, 1.82) is 0 Å². The molecule has 1 fully saturated rings. The summed E-state index contributed by atoms with van der Waals surface area (Å²) in [5.74, 6) is -0.180. The van der Waals surface area contributed by atoms with Gasteiger partial charge in [-0.15, -0.1) is 11.3 Å². The van der Waals surface area contributed by atoms with Crippen LogP contribution in [0.15, 0.2) is 48.2 Å². The van der Waals surface area contributed by atoms with Crippen LogP contribution in [0.2, 0.25) is 5.02 Å². The fourth-order valence-electron chi connectivity index (χ4n) is 3.49. The van der Waals surface area contributed by atoms with Crippen molar-refractivity contribution < 1.29 is 9.18 Å². The number of carbonyl (C=O) groups is 1. The molecule has 3 aromatic rings. The summed E-state index contributed by atoms with van der Waals surface area (Å²) in [6.45, 7) is 2.06. The summed E-state index contributed by atoms with van der Waals surface area (Å²) in [5, 5.41) is 0.647. The summed E-state index contributed by atoms with van der Waals surface area (Å²) in [5.41, 5.74) is 5.18. The van der Waals surface area contributed by atoms with Crippen LogP contribution in [-0.2, 0) is 0 Å². The van der Waals surface area contributed by atoms with Crippen LogP contribution in [0.5, 0.6) is 0 Å². The van der Waals surface area contributed by atoms with E-state index in [1.165, 1.54) is 17.5 Å². The van der Waals surface area contributed by atoms with Crippen LogP contribution in [0, 0.1) is 6.92 Å². The first-order valence-electron chi connectivity index (χ1n) is 8.59. The number of aryl methyl sites for hydroxylation is 1. The third kappa shape index (κ3) is 3.59. The van der Waals surface area contributed by atoms with E-state index in [1.807, 2.05) is 37.3 Å². The summed E-state index contributed by atoms with van der Waals surface area (Å²) in [7, 11) is 0. The maximum absolute atomic E-state index is 14.2. The Morgan fingerprint density at radius 2 is 2.19 bits per heavy atom. The molecular formula is C20H17ClFN3OS. The molecular weight excluding hydrogens is 385 g/mol. The van der Waals surface area contributed by atoms with Gasteiger partial charge in [-0.1, -0.05) is 23.7 Å². The molecule has 2 unspecified atom stereocenters. The van der Waals surface area contributed by atoms with Gasteiger partial charge in [-0.3, -0.25) is 14.8 Å². The molecule has 0 saturated carbocycles. The van der Waals surface area contributed by atoms with Gasteiger partial charge < -0.3 is 4.90 Å². The van der Waals surface area contributed by atoms with E-state index < -0.39 is 6.17 Å². The largest absolute Gasteiger partial charge is 0.328 e. The summed E-state index contributed by atoms with van der Waals surface area (Å²) in [4.78, 5) is 23.4. The molecule has 3 heterocycles. The second-order valence-corrected chi connectivity index (χ2v) is 7.93. The van der Waals surface area contributed by atoms with Crippen molar-refractivity contribution in [2.75, 3.05) is 6.54 Å². The molecule has 7 heteroatoms. The van der Waals surface area contributed by atoms with E-state index in [0.717, 1.165) is 22.4 Å². The van der Waals surface area contributed by atoms with Gasteiger partial charge >= 0.3 is 0 Å². The van der Waals surface area contributed by atoms with Crippen LogP contribution in [-0.4, -0.2) is 33.5 Å². The number of alkyl halides is 1. The third-order valence-corrected chi connectivity index (χ3v) is 5.78. The highest BCUT2D eigenvalue weighted by Crippen LogP contribution is 2.37. The van der Waals surface area contributed by atoms with E-state index in [-0.39, 0.29) is 24.9 Å². The Balaban J connectivity index is 1.66. The molecule has 1 amide bonds. The van der Waals surface area contributed by atoms with Crippen molar-refractivity contribution >= 4 is 28.8 Å². The molecule has 0 spiro atoms. The summed E-state index contributed by atoms with van der Waals surface area (Å²) < 4.78 is 14.2. The first-order chi connectivity index (χ1) is 13.0. The van der Waals surface area contributed by atoms with Crippen molar-refractivity contribution in [3.8, 4) is 11.3 Å². The van der Waals surface area contributed by atoms with E-state index >= 15 is 0 Å². The maximum Gasteiger partial charge on any atom is 0.266 e. The van der Waals surface area contributed by atoms with Crippen LogP contribution < -0.4 is 0 Å². The highest BCUT2D eigenvalue weighted by Gasteiger charge is 2.38. The monoisotopic (exact) mass is 401 g/mol. The predicted molar refractivity (Wildman–Crippen MR) is 105 cm³/mol. The Kier molecular flexibility index (Phi) is 4.93. The average molecular weight is 402 g/mol. The molecule has 27 heavy (non-hydrogen) atoms. The number of aromatic nitrogens is 2. The van der Waals surface area contributed by atoms with E-state index in [4.69, 9.17) is 11.6 Å². The molecule has 4 rings (SSSR count). The number of nitrogens with zero attached hydrogens (tertiary/aromatic N) is 3. The Hall–Kier alpha value is -2.31. The Morgan fingerprint density at radius 1 is 1.33 bits per heavy atom. The molecule has 2 aromatic heterocycles. The van der Waals surface area contributed by atoms with Gasteiger partial charge in [-0.2, -0.15) is 0 Å². The first-order valence-corrected chi connectivity index (χ1v) is 9.84. The number of rotatable bonds is 3. The van der Waals surface area contributed by atoms with Crippen molar-refractivity contribution in [2.45, 2.75) is 25.6 Å².